The molecule has 122 valence electrons. The Morgan fingerprint density at radius 1 is 1.38 bits per heavy atom. The number of carbonyl (C=O) groups excluding carboxylic acids is 1. The van der Waals surface area contributed by atoms with Gasteiger partial charge in [-0.05, 0) is 22.4 Å². The normalized spacial score (nSPS) is 11.0. The molecule has 5 N–H and O–H groups in total. The van der Waals surface area contributed by atoms with E-state index in [9.17, 15) is 15.0 Å². The number of hydrogen-bond acceptors (Lipinski definition) is 10. The summed E-state index contributed by atoms with van der Waals surface area (Å²) in [7, 11) is 0. The van der Waals surface area contributed by atoms with Crippen LogP contribution in [-0.4, -0.2) is 47.6 Å². The summed E-state index contributed by atoms with van der Waals surface area (Å²) in [5.41, 5.74) is 7.87. The lowest BCUT2D eigenvalue weighted by Crippen LogP contribution is -2.18. The molecule has 0 aliphatic heterocycles. The molecule has 1 amide bonds. The summed E-state index contributed by atoms with van der Waals surface area (Å²) in [6, 6.07) is 4.33. The van der Waals surface area contributed by atoms with Crippen LogP contribution in [-0.2, 0) is 0 Å². The van der Waals surface area contributed by atoms with Crippen molar-refractivity contribution in [2.24, 2.45) is 5.10 Å². The maximum Gasteiger partial charge on any atom is 0.293 e. The largest absolute Gasteiger partial charge is 0.504 e. The van der Waals surface area contributed by atoms with Crippen molar-refractivity contribution in [1.29, 1.82) is 0 Å². The van der Waals surface area contributed by atoms with Crippen LogP contribution in [0.3, 0.4) is 0 Å². The van der Waals surface area contributed by atoms with Crippen molar-refractivity contribution >= 4 is 17.9 Å². The predicted octanol–water partition coefficient (Wildman–Crippen LogP) is -0.592. The summed E-state index contributed by atoms with van der Waals surface area (Å²) in [6.07, 6.45) is 2.42. The number of nitrogens with one attached hydrogen (secondary N) is 1. The third-order valence-corrected chi connectivity index (χ3v) is 2.85. The average molecular weight is 330 g/mol. The number of anilines is 1. The van der Waals surface area contributed by atoms with Crippen LogP contribution in [0.15, 0.2) is 34.1 Å². The number of phenolic OH excluding ortho intramolecular Hbond substituents is 2. The number of amides is 1. The summed E-state index contributed by atoms with van der Waals surface area (Å²) >= 11 is 0. The molecule has 0 aliphatic rings. The summed E-state index contributed by atoms with van der Waals surface area (Å²) in [4.78, 5) is 11.9. The Morgan fingerprint density at radius 2 is 2.21 bits per heavy atom. The van der Waals surface area contributed by atoms with E-state index in [1.807, 2.05) is 0 Å². The Labute approximate surface area is 133 Å². The number of nitrogen functional groups attached to an aromatic ring is 1. The minimum absolute atomic E-state index is 0.00996. The van der Waals surface area contributed by atoms with E-state index in [1.54, 1.807) is 0 Å². The van der Waals surface area contributed by atoms with Crippen molar-refractivity contribution in [1.82, 2.24) is 30.7 Å². The summed E-state index contributed by atoms with van der Waals surface area (Å²) in [5.74, 6) is -1.23. The molecule has 2 aromatic heterocycles. The van der Waals surface area contributed by atoms with Gasteiger partial charge < -0.3 is 15.9 Å². The van der Waals surface area contributed by atoms with E-state index in [1.165, 1.54) is 24.4 Å². The van der Waals surface area contributed by atoms with Crippen LogP contribution in [0.4, 0.5) is 5.82 Å². The van der Waals surface area contributed by atoms with Gasteiger partial charge in [0.2, 0.25) is 11.6 Å². The van der Waals surface area contributed by atoms with Crippen molar-refractivity contribution in [3.8, 4) is 17.3 Å². The van der Waals surface area contributed by atoms with E-state index in [-0.39, 0.29) is 34.4 Å². The standard InChI is InChI=1S/C12H10N8O4/c13-10-11(18-24-17-10)20-5-7(15-19-20)12(23)16-14-4-6-2-1-3-8(21)9(6)22/h1-5,21-22H,(H2,13,17)(H,16,23). The minimum Gasteiger partial charge on any atom is -0.504 e. The smallest absolute Gasteiger partial charge is 0.293 e. The third kappa shape index (κ3) is 2.83. The second-order valence-corrected chi connectivity index (χ2v) is 4.44. The Morgan fingerprint density at radius 3 is 2.96 bits per heavy atom. The molecule has 0 saturated carbocycles. The zero-order valence-electron chi connectivity index (χ0n) is 11.9. The van der Waals surface area contributed by atoms with Crippen molar-refractivity contribution in [3.05, 3.63) is 35.7 Å². The van der Waals surface area contributed by atoms with Gasteiger partial charge >= 0.3 is 0 Å². The van der Waals surface area contributed by atoms with Crippen LogP contribution in [0, 0.1) is 0 Å². The van der Waals surface area contributed by atoms with Crippen LogP contribution in [0.5, 0.6) is 11.5 Å². The number of hydrazone groups is 1. The van der Waals surface area contributed by atoms with Gasteiger partial charge in [0.1, 0.15) is 0 Å². The molecule has 0 atom stereocenters. The number of phenols is 2. The van der Waals surface area contributed by atoms with Gasteiger partial charge in [0.25, 0.3) is 5.91 Å². The predicted molar refractivity (Wildman–Crippen MR) is 78.5 cm³/mol. The second-order valence-electron chi connectivity index (χ2n) is 4.44. The van der Waals surface area contributed by atoms with Crippen molar-refractivity contribution < 1.29 is 19.6 Å². The SMILES string of the molecule is Nc1nonc1-n1cc(C(=O)NN=Cc2cccc(O)c2O)nn1. The second kappa shape index (κ2) is 6.04. The fourth-order valence-corrected chi connectivity index (χ4v) is 1.69. The summed E-state index contributed by atoms with van der Waals surface area (Å²) in [5, 5.41) is 36.8. The lowest BCUT2D eigenvalue weighted by molar-refractivity contribution is 0.0950. The van der Waals surface area contributed by atoms with E-state index in [4.69, 9.17) is 5.73 Å². The lowest BCUT2D eigenvalue weighted by atomic mass is 10.2. The van der Waals surface area contributed by atoms with Gasteiger partial charge in [-0.3, -0.25) is 4.79 Å². The number of carbonyl (C=O) groups is 1. The van der Waals surface area contributed by atoms with E-state index < -0.39 is 5.91 Å². The fourth-order valence-electron chi connectivity index (χ4n) is 1.69. The number of nitrogens with two attached hydrogens (primary N) is 1. The molecule has 3 rings (SSSR count). The monoisotopic (exact) mass is 330 g/mol. The van der Waals surface area contributed by atoms with Gasteiger partial charge in [-0.1, -0.05) is 11.3 Å². The molecule has 24 heavy (non-hydrogen) atoms. The van der Waals surface area contributed by atoms with Crippen LogP contribution in [0.25, 0.3) is 5.82 Å². The number of aromatic hydroxyl groups is 2. The highest BCUT2D eigenvalue weighted by Gasteiger charge is 2.15. The fraction of sp³-hybridized carbons (Fsp3) is 0. The van der Waals surface area contributed by atoms with Crippen molar-refractivity contribution in [2.45, 2.75) is 0 Å². The van der Waals surface area contributed by atoms with E-state index >= 15 is 0 Å². The first-order valence-corrected chi connectivity index (χ1v) is 6.41. The molecular weight excluding hydrogens is 320 g/mol. The summed E-state index contributed by atoms with van der Waals surface area (Å²) < 4.78 is 5.54. The first kappa shape index (κ1) is 15.0. The molecular formula is C12H10N8O4. The average Bonchev–Trinajstić information content (AvgIpc) is 3.20. The quantitative estimate of drug-likeness (QED) is 0.276. The van der Waals surface area contributed by atoms with Gasteiger partial charge in [0.05, 0.1) is 12.4 Å². The molecule has 0 fully saturated rings. The number of hydrogen-bond donors (Lipinski definition) is 4. The molecule has 12 heteroatoms. The van der Waals surface area contributed by atoms with Gasteiger partial charge in [0.15, 0.2) is 17.2 Å². The molecule has 0 bridgehead atoms. The van der Waals surface area contributed by atoms with E-state index in [0.717, 1.165) is 10.9 Å². The molecule has 2 heterocycles. The number of para-hydroxylation sites is 1. The highest BCUT2D eigenvalue weighted by molar-refractivity contribution is 5.93. The highest BCUT2D eigenvalue weighted by atomic mass is 16.6. The number of nitrogens with zero attached hydrogens (tertiary/aromatic N) is 6. The Kier molecular flexibility index (Phi) is 3.76. The number of rotatable bonds is 4. The topological polar surface area (TPSA) is 178 Å². The Hall–Kier alpha value is -3.96. The molecule has 3 aromatic rings. The lowest BCUT2D eigenvalue weighted by Gasteiger charge is -2.00. The molecule has 0 unspecified atom stereocenters. The molecule has 0 radical (unpaired) electrons. The zero-order valence-corrected chi connectivity index (χ0v) is 11.9. The maximum absolute atomic E-state index is 11.9. The van der Waals surface area contributed by atoms with Crippen molar-refractivity contribution in [3.63, 3.8) is 0 Å². The Balaban J connectivity index is 1.70. The molecule has 0 saturated heterocycles. The molecule has 12 nitrogen and oxygen atoms in total. The maximum atomic E-state index is 11.9. The zero-order chi connectivity index (χ0) is 17.1. The first-order valence-electron chi connectivity index (χ1n) is 6.41. The van der Waals surface area contributed by atoms with Crippen LogP contribution in [0.1, 0.15) is 16.1 Å². The van der Waals surface area contributed by atoms with Gasteiger partial charge in [-0.2, -0.15) is 9.78 Å². The van der Waals surface area contributed by atoms with Crippen LogP contribution in [0.2, 0.25) is 0 Å². The summed E-state index contributed by atoms with van der Waals surface area (Å²) in [6.45, 7) is 0. The molecule has 1 aromatic carbocycles. The highest BCUT2D eigenvalue weighted by Crippen LogP contribution is 2.26. The van der Waals surface area contributed by atoms with Gasteiger partial charge in [-0.25, -0.2) is 10.1 Å². The van der Waals surface area contributed by atoms with Crippen LogP contribution >= 0.6 is 0 Å². The van der Waals surface area contributed by atoms with Crippen LogP contribution < -0.4 is 11.2 Å². The number of benzene rings is 1. The molecule has 0 aliphatic carbocycles. The van der Waals surface area contributed by atoms with Crippen molar-refractivity contribution in [2.75, 3.05) is 5.73 Å². The van der Waals surface area contributed by atoms with E-state index in [2.05, 4.69) is 35.8 Å². The van der Waals surface area contributed by atoms with E-state index in [0.29, 0.717) is 0 Å². The van der Waals surface area contributed by atoms with Gasteiger partial charge in [0, 0.05) is 5.56 Å². The third-order valence-electron chi connectivity index (χ3n) is 2.85. The molecule has 0 spiro atoms. The first-order chi connectivity index (χ1) is 11.6. The minimum atomic E-state index is -0.660. The van der Waals surface area contributed by atoms with Gasteiger partial charge in [-0.15, -0.1) is 5.10 Å². The number of aromatic nitrogens is 5. The Bertz CT molecular complexity index is 915.